The lowest BCUT2D eigenvalue weighted by Gasteiger charge is -2.72. The van der Waals surface area contributed by atoms with Gasteiger partial charge < -0.3 is 15.2 Å². The zero-order valence-corrected chi connectivity index (χ0v) is 33.3. The van der Waals surface area contributed by atoms with Gasteiger partial charge in [0.25, 0.3) is 0 Å². The van der Waals surface area contributed by atoms with Crippen molar-refractivity contribution in [2.75, 3.05) is 6.54 Å². The number of hydrogen-bond donors (Lipinski definition) is 2. The quantitative estimate of drug-likeness (QED) is 0.234. The largest absolute Gasteiger partial charge is 0.481 e. The summed E-state index contributed by atoms with van der Waals surface area (Å²) in [5, 5.41) is 13.4. The normalized spacial score (nSPS) is 38.0. The number of carbonyl (C=O) groups excluding carboxylic acids is 2. The van der Waals surface area contributed by atoms with E-state index in [0.717, 1.165) is 69.2 Å². The van der Waals surface area contributed by atoms with Crippen LogP contribution in [0.2, 0.25) is 0 Å². The highest BCUT2D eigenvalue weighted by atomic mass is 16.5. The molecule has 0 amide bonds. The lowest BCUT2D eigenvalue weighted by atomic mass is 9.33. The molecular weight excluding hydrogens is 636 g/mol. The number of carboxylic acids is 1. The first-order chi connectivity index (χ1) is 23.7. The first kappa shape index (κ1) is 38.2. The van der Waals surface area contributed by atoms with Gasteiger partial charge in [0.05, 0.1) is 17.5 Å². The lowest BCUT2D eigenvalue weighted by molar-refractivity contribution is -0.233. The number of aliphatic carboxylic acids is 1. The molecule has 51 heavy (non-hydrogen) atoms. The molecule has 4 saturated carbocycles. The van der Waals surface area contributed by atoms with E-state index < -0.39 is 17.4 Å². The minimum absolute atomic E-state index is 0.0544. The van der Waals surface area contributed by atoms with Crippen LogP contribution in [-0.4, -0.2) is 40.5 Å². The second kappa shape index (κ2) is 13.1. The van der Waals surface area contributed by atoms with Crippen LogP contribution >= 0.6 is 0 Å². The van der Waals surface area contributed by atoms with Crippen molar-refractivity contribution in [3.8, 4) is 0 Å². The van der Waals surface area contributed by atoms with Crippen LogP contribution in [-0.2, 0) is 19.1 Å². The van der Waals surface area contributed by atoms with Crippen molar-refractivity contribution in [1.82, 2.24) is 10.3 Å². The van der Waals surface area contributed by atoms with Gasteiger partial charge in [-0.1, -0.05) is 60.1 Å². The molecule has 0 aliphatic heterocycles. The number of pyridine rings is 1. The number of ether oxygens (including phenoxy) is 1. The number of ketones is 1. The van der Waals surface area contributed by atoms with E-state index in [9.17, 15) is 19.5 Å². The second-order valence-electron chi connectivity index (χ2n) is 19.9. The molecule has 7 heteroatoms. The molecule has 282 valence electrons. The number of carbonyl (C=O) groups is 3. The Balaban J connectivity index is 1.25. The molecule has 1 unspecified atom stereocenters. The van der Waals surface area contributed by atoms with E-state index in [1.165, 1.54) is 12.0 Å². The Morgan fingerprint density at radius 1 is 0.961 bits per heavy atom. The highest BCUT2D eigenvalue weighted by molar-refractivity contribution is 6.00. The average molecular weight is 703 g/mol. The summed E-state index contributed by atoms with van der Waals surface area (Å²) in [7, 11) is 0. The Kier molecular flexibility index (Phi) is 9.80. The fourth-order valence-corrected chi connectivity index (χ4v) is 13.1. The Bertz CT molecular complexity index is 1560. The molecule has 6 rings (SSSR count). The molecule has 0 bridgehead atoms. The molecule has 2 N–H and O–H groups in total. The average Bonchev–Trinajstić information content (AvgIpc) is 3.35. The number of hydrogen-bond acceptors (Lipinski definition) is 6. The van der Waals surface area contributed by atoms with Crippen molar-refractivity contribution in [3.05, 3.63) is 41.2 Å². The molecule has 7 nitrogen and oxygen atoms in total. The fourth-order valence-electron chi connectivity index (χ4n) is 13.1. The Morgan fingerprint density at radius 2 is 1.69 bits per heavy atom. The van der Waals surface area contributed by atoms with E-state index in [2.05, 4.69) is 71.8 Å². The number of rotatable bonds is 10. The van der Waals surface area contributed by atoms with E-state index in [1.54, 1.807) is 13.8 Å². The summed E-state index contributed by atoms with van der Waals surface area (Å²) in [4.78, 5) is 43.4. The topological polar surface area (TPSA) is 106 Å². The third-order valence-electron chi connectivity index (χ3n) is 16.1. The van der Waals surface area contributed by atoms with E-state index in [4.69, 9.17) is 4.74 Å². The molecule has 1 aromatic heterocycles. The predicted molar refractivity (Wildman–Crippen MR) is 201 cm³/mol. The van der Waals surface area contributed by atoms with E-state index in [0.29, 0.717) is 30.0 Å². The molecule has 1 heterocycles. The van der Waals surface area contributed by atoms with Gasteiger partial charge in [-0.25, -0.2) is 0 Å². The van der Waals surface area contributed by atoms with Crippen LogP contribution in [0, 0.1) is 56.2 Å². The highest BCUT2D eigenvalue weighted by Gasteiger charge is 2.70. The Hall–Kier alpha value is -2.54. The zero-order chi connectivity index (χ0) is 37.4. The predicted octanol–water partition coefficient (Wildman–Crippen LogP) is 9.52. The van der Waals surface area contributed by atoms with Crippen LogP contribution in [0.1, 0.15) is 152 Å². The van der Waals surface area contributed by atoms with Gasteiger partial charge in [-0.3, -0.25) is 19.4 Å². The molecule has 1 aromatic rings. The third-order valence-corrected chi connectivity index (χ3v) is 16.1. The highest BCUT2D eigenvalue weighted by Crippen LogP contribution is 2.77. The van der Waals surface area contributed by atoms with E-state index in [1.807, 2.05) is 18.3 Å². The number of carboxylic acid groups (broad SMARTS) is 1. The first-order valence-electron chi connectivity index (χ1n) is 20.1. The smallest absolute Gasteiger partial charge is 0.309 e. The molecular formula is C44H66N2O5. The molecule has 0 saturated heterocycles. The summed E-state index contributed by atoms with van der Waals surface area (Å²) in [6, 6.07) is 6.25. The van der Waals surface area contributed by atoms with E-state index in [-0.39, 0.29) is 51.6 Å². The van der Waals surface area contributed by atoms with Gasteiger partial charge in [0.1, 0.15) is 6.10 Å². The number of aromatic nitrogens is 1. The van der Waals surface area contributed by atoms with Crippen LogP contribution in [0.5, 0.6) is 0 Å². The van der Waals surface area contributed by atoms with Crippen molar-refractivity contribution >= 4 is 17.7 Å². The fraction of sp³-hybridized carbons (Fsp3) is 0.773. The minimum atomic E-state index is -1.15. The van der Waals surface area contributed by atoms with Gasteiger partial charge in [-0.2, -0.15) is 0 Å². The lowest BCUT2D eigenvalue weighted by Crippen LogP contribution is -2.65. The van der Waals surface area contributed by atoms with Gasteiger partial charge in [-0.15, -0.1) is 0 Å². The molecule has 0 spiro atoms. The number of nitrogens with zero attached hydrogens (tertiary/aromatic N) is 1. The summed E-state index contributed by atoms with van der Waals surface area (Å²) in [6.45, 7) is 23.1. The summed E-state index contributed by atoms with van der Waals surface area (Å²) < 4.78 is 6.18. The molecule has 0 radical (unpaired) electrons. The monoisotopic (exact) mass is 702 g/mol. The summed E-state index contributed by atoms with van der Waals surface area (Å²) >= 11 is 0. The third kappa shape index (κ3) is 6.04. The van der Waals surface area contributed by atoms with Crippen LogP contribution in [0.25, 0.3) is 0 Å². The number of esters is 1. The van der Waals surface area contributed by atoms with Crippen LogP contribution < -0.4 is 5.32 Å². The van der Waals surface area contributed by atoms with Gasteiger partial charge in [0, 0.05) is 29.5 Å². The van der Waals surface area contributed by atoms with E-state index >= 15 is 0 Å². The Morgan fingerprint density at radius 3 is 2.33 bits per heavy atom. The number of nitrogens with one attached hydrogen (secondary N) is 1. The molecule has 9 atom stereocenters. The summed E-state index contributed by atoms with van der Waals surface area (Å²) in [5.74, 6) is 0.645. The number of fused-ring (bicyclic) bond motifs is 7. The van der Waals surface area contributed by atoms with Crippen LogP contribution in [0.4, 0.5) is 0 Å². The zero-order valence-electron chi connectivity index (χ0n) is 33.3. The molecule has 4 fully saturated rings. The van der Waals surface area contributed by atoms with Gasteiger partial charge in [0.15, 0.2) is 5.78 Å². The van der Waals surface area contributed by atoms with Crippen molar-refractivity contribution < 1.29 is 24.2 Å². The molecule has 5 aliphatic rings. The Labute approximate surface area is 307 Å². The maximum absolute atomic E-state index is 14.0. The first-order valence-corrected chi connectivity index (χ1v) is 20.1. The van der Waals surface area contributed by atoms with Crippen molar-refractivity contribution in [1.29, 1.82) is 0 Å². The summed E-state index contributed by atoms with van der Waals surface area (Å²) in [5.41, 5.74) is 2.71. The second-order valence-corrected chi connectivity index (χ2v) is 19.9. The molecule has 0 aromatic carbocycles. The standard InChI is InChI=1S/C44H66N2O5/c1-27(2)36-31(47)25-44(22-24-45-28(3)30-13-11-12-23-46-30)21-20-42(9)29(37(36)44)14-15-33-41(8)18-17-34(51-35(48)26-39(4,5)38(49)50)40(6,7)32(41)16-19-43(33,42)10/h11-13,23,27-29,32-34,45H,14-22,24-26H2,1-10H3,(H,49,50)/t28-,29?,32-,33+,34-,41-,42+,43+,44+/m0/s1. The maximum atomic E-state index is 14.0. The van der Waals surface area contributed by atoms with Crippen molar-refractivity contribution in [2.45, 2.75) is 152 Å². The maximum Gasteiger partial charge on any atom is 0.309 e. The van der Waals surface area contributed by atoms with Gasteiger partial charge >= 0.3 is 11.9 Å². The summed E-state index contributed by atoms with van der Waals surface area (Å²) in [6.07, 6.45) is 11.8. The van der Waals surface area contributed by atoms with Gasteiger partial charge in [-0.05, 0) is 143 Å². The molecule has 5 aliphatic carbocycles. The minimum Gasteiger partial charge on any atom is -0.481 e. The van der Waals surface area contributed by atoms with Crippen LogP contribution in [0.3, 0.4) is 0 Å². The SMILES string of the molecule is CC(C)C1=C2C3CC[C@@H]4[C@@]5(C)CC[C@H](OC(=O)CC(C)(C)C(=O)O)C(C)(C)[C@@H]5CC[C@@]4(C)[C@]3(C)CC[C@@]2(CCN[C@@H](C)c2ccccn2)CC1=O. The van der Waals surface area contributed by atoms with Crippen molar-refractivity contribution in [3.63, 3.8) is 0 Å². The number of Topliss-reactive ketones (excluding diaryl/α,β-unsaturated/α-hetero) is 1. The van der Waals surface area contributed by atoms with Gasteiger partial charge in [0.2, 0.25) is 0 Å². The van der Waals surface area contributed by atoms with Crippen molar-refractivity contribution in [2.24, 2.45) is 56.2 Å². The number of allylic oxidation sites excluding steroid dienone is 2. The van der Waals surface area contributed by atoms with Crippen LogP contribution in [0.15, 0.2) is 35.5 Å².